The molecule has 5 rings (SSSR count). The molecule has 0 atom stereocenters. The normalized spacial score (nSPS) is 13.3. The molecule has 1 aliphatic rings. The van der Waals surface area contributed by atoms with Crippen LogP contribution in [-0.2, 0) is 0 Å². The molecule has 0 aliphatic carbocycles. The lowest BCUT2D eigenvalue weighted by Crippen LogP contribution is -2.34. The Hall–Kier alpha value is -4.52. The molecule has 0 fully saturated rings. The number of hydrogen-bond acceptors (Lipinski definition) is 5. The van der Waals surface area contributed by atoms with E-state index in [1.54, 1.807) is 37.2 Å². The van der Waals surface area contributed by atoms with E-state index < -0.39 is 0 Å². The first-order chi connectivity index (χ1) is 17.6. The molecule has 1 N–H and O–H groups in total. The smallest absolute Gasteiger partial charge is 0.258 e. The highest BCUT2D eigenvalue weighted by Crippen LogP contribution is 2.36. The Morgan fingerprint density at radius 2 is 1.75 bits per heavy atom. The zero-order valence-electron chi connectivity index (χ0n) is 20.2. The highest BCUT2D eigenvalue weighted by molar-refractivity contribution is 6.01. The number of methoxy groups -OCH3 is 2. The molecule has 7 nitrogen and oxygen atoms in total. The number of rotatable bonds is 6. The second-order valence-electron chi connectivity index (χ2n) is 8.52. The van der Waals surface area contributed by atoms with Gasteiger partial charge in [-0.25, -0.2) is 4.68 Å². The van der Waals surface area contributed by atoms with Crippen LogP contribution in [0, 0.1) is 0 Å². The van der Waals surface area contributed by atoms with Crippen molar-refractivity contribution in [2.45, 2.75) is 6.42 Å². The van der Waals surface area contributed by atoms with Gasteiger partial charge in [-0.3, -0.25) is 4.79 Å². The van der Waals surface area contributed by atoms with Crippen LogP contribution >= 0.6 is 0 Å². The number of aromatic nitrogens is 2. The van der Waals surface area contributed by atoms with Gasteiger partial charge in [-0.2, -0.15) is 5.10 Å². The summed E-state index contributed by atoms with van der Waals surface area (Å²) in [4.78, 5) is 15.6. The van der Waals surface area contributed by atoms with Crippen molar-refractivity contribution in [1.29, 1.82) is 0 Å². The Bertz CT molecular complexity index is 1410. The first-order valence-corrected chi connectivity index (χ1v) is 11.7. The Balaban J connectivity index is 1.52. The van der Waals surface area contributed by atoms with E-state index in [9.17, 15) is 9.90 Å². The number of amides is 1. The van der Waals surface area contributed by atoms with Gasteiger partial charge >= 0.3 is 0 Å². The Morgan fingerprint density at radius 1 is 0.972 bits per heavy atom. The van der Waals surface area contributed by atoms with Crippen molar-refractivity contribution in [3.8, 4) is 34.2 Å². The molecule has 1 aliphatic heterocycles. The number of carbonyl (C=O) groups excluding carboxylic acids is 1. The molecule has 0 saturated carbocycles. The van der Waals surface area contributed by atoms with Gasteiger partial charge in [-0.15, -0.1) is 0 Å². The lowest BCUT2D eigenvalue weighted by Gasteiger charge is -2.26. The molecule has 1 amide bonds. The monoisotopic (exact) mass is 481 g/mol. The highest BCUT2D eigenvalue weighted by atomic mass is 16.5. The Morgan fingerprint density at radius 3 is 2.42 bits per heavy atom. The van der Waals surface area contributed by atoms with E-state index in [1.807, 2.05) is 65.6 Å². The maximum atomic E-state index is 13.8. The summed E-state index contributed by atoms with van der Waals surface area (Å²) in [6, 6.07) is 22.3. The van der Waals surface area contributed by atoms with Gasteiger partial charge in [0.1, 0.15) is 22.9 Å². The van der Waals surface area contributed by atoms with Crippen LogP contribution in [0.1, 0.15) is 22.3 Å². The van der Waals surface area contributed by atoms with E-state index in [4.69, 9.17) is 14.6 Å². The van der Waals surface area contributed by atoms with Crippen LogP contribution < -0.4 is 9.47 Å². The van der Waals surface area contributed by atoms with Crippen molar-refractivity contribution in [2.24, 2.45) is 0 Å². The minimum Gasteiger partial charge on any atom is -0.508 e. The number of para-hydroxylation sites is 1. The summed E-state index contributed by atoms with van der Waals surface area (Å²) in [6.45, 7) is 1.07. The number of benzene rings is 3. The zero-order valence-corrected chi connectivity index (χ0v) is 20.2. The lowest BCUT2D eigenvalue weighted by molar-refractivity contribution is 0.0773. The van der Waals surface area contributed by atoms with E-state index in [-0.39, 0.29) is 11.7 Å². The van der Waals surface area contributed by atoms with Gasteiger partial charge in [-0.1, -0.05) is 36.4 Å². The van der Waals surface area contributed by atoms with Crippen LogP contribution in [0.25, 0.3) is 22.5 Å². The average Bonchev–Trinajstić information content (AvgIpc) is 3.39. The van der Waals surface area contributed by atoms with Crippen LogP contribution in [0.15, 0.2) is 85.1 Å². The van der Waals surface area contributed by atoms with Gasteiger partial charge in [0.25, 0.3) is 5.91 Å². The fraction of sp³-hybridized carbons (Fsp3) is 0.172. The summed E-state index contributed by atoms with van der Waals surface area (Å²) in [7, 11) is 3.20. The van der Waals surface area contributed by atoms with Crippen molar-refractivity contribution in [3.63, 3.8) is 0 Å². The van der Waals surface area contributed by atoms with E-state index >= 15 is 0 Å². The van der Waals surface area contributed by atoms with Crippen molar-refractivity contribution in [2.75, 3.05) is 27.3 Å². The first-order valence-electron chi connectivity index (χ1n) is 11.7. The number of carbonyl (C=O) groups is 1. The minimum absolute atomic E-state index is 0.0990. The van der Waals surface area contributed by atoms with Crippen LogP contribution in [0.2, 0.25) is 0 Å². The molecule has 182 valence electrons. The zero-order chi connectivity index (χ0) is 25.1. The second-order valence-corrected chi connectivity index (χ2v) is 8.52. The van der Waals surface area contributed by atoms with Crippen LogP contribution in [0.5, 0.6) is 17.2 Å². The Kier molecular flexibility index (Phi) is 6.45. The predicted molar refractivity (Wildman–Crippen MR) is 139 cm³/mol. The standard InChI is InChI=1S/C29H27N3O4/c1-35-24-12-13-27(36-2)25(18-24)28-26(19-32(30-28)22-6-4-3-5-7-22)29(34)31-16-14-21(15-17-31)20-8-10-23(33)11-9-20/h3-14,18-19,33H,15-17H2,1-2H3. The van der Waals surface area contributed by atoms with Crippen LogP contribution in [-0.4, -0.2) is 53.0 Å². The molecule has 36 heavy (non-hydrogen) atoms. The average molecular weight is 482 g/mol. The van der Waals surface area contributed by atoms with Gasteiger partial charge in [0.2, 0.25) is 0 Å². The maximum Gasteiger partial charge on any atom is 0.258 e. The molecular weight excluding hydrogens is 454 g/mol. The number of hydrogen-bond donors (Lipinski definition) is 1. The van der Waals surface area contributed by atoms with Gasteiger partial charge < -0.3 is 19.5 Å². The molecule has 0 spiro atoms. The molecule has 7 heteroatoms. The van der Waals surface area contributed by atoms with Gasteiger partial charge in [-0.05, 0) is 60.0 Å². The van der Waals surface area contributed by atoms with Crippen LogP contribution in [0.4, 0.5) is 0 Å². The topological polar surface area (TPSA) is 76.8 Å². The molecule has 0 radical (unpaired) electrons. The molecule has 3 aromatic carbocycles. The highest BCUT2D eigenvalue weighted by Gasteiger charge is 2.27. The summed E-state index contributed by atoms with van der Waals surface area (Å²) in [5, 5.41) is 14.4. The Labute approximate surface area is 209 Å². The third-order valence-corrected chi connectivity index (χ3v) is 6.36. The molecule has 0 saturated heterocycles. The van der Waals surface area contributed by atoms with Crippen molar-refractivity contribution in [1.82, 2.24) is 14.7 Å². The summed E-state index contributed by atoms with van der Waals surface area (Å²) in [5.41, 5.74) is 4.78. The number of phenolic OH excluding ortho intramolecular Hbond substituents is 1. The molecule has 0 bridgehead atoms. The number of phenols is 1. The van der Waals surface area contributed by atoms with E-state index in [0.29, 0.717) is 41.4 Å². The van der Waals surface area contributed by atoms with Crippen molar-refractivity contribution >= 4 is 11.5 Å². The number of aromatic hydroxyl groups is 1. The molecule has 1 aromatic heterocycles. The number of nitrogens with zero attached hydrogens (tertiary/aromatic N) is 3. The summed E-state index contributed by atoms with van der Waals surface area (Å²) in [6.07, 6.45) is 4.58. The maximum absolute atomic E-state index is 13.8. The minimum atomic E-state index is -0.0990. The molecule has 4 aromatic rings. The molecule has 2 heterocycles. The molecular formula is C29H27N3O4. The van der Waals surface area contributed by atoms with Gasteiger partial charge in [0.05, 0.1) is 25.5 Å². The van der Waals surface area contributed by atoms with Crippen molar-refractivity contribution < 1.29 is 19.4 Å². The van der Waals surface area contributed by atoms with E-state index in [2.05, 4.69) is 6.08 Å². The fourth-order valence-electron chi connectivity index (χ4n) is 4.40. The van der Waals surface area contributed by atoms with Crippen LogP contribution in [0.3, 0.4) is 0 Å². The summed E-state index contributed by atoms with van der Waals surface area (Å²) < 4.78 is 12.8. The molecule has 0 unspecified atom stereocenters. The lowest BCUT2D eigenvalue weighted by atomic mass is 9.98. The third-order valence-electron chi connectivity index (χ3n) is 6.36. The quantitative estimate of drug-likeness (QED) is 0.410. The number of ether oxygens (including phenoxy) is 2. The summed E-state index contributed by atoms with van der Waals surface area (Å²) in [5.74, 6) is 1.40. The fourth-order valence-corrected chi connectivity index (χ4v) is 4.40. The van der Waals surface area contributed by atoms with Gasteiger partial charge in [0, 0.05) is 24.8 Å². The van der Waals surface area contributed by atoms with E-state index in [1.165, 1.54) is 0 Å². The van der Waals surface area contributed by atoms with E-state index in [0.717, 1.165) is 23.2 Å². The van der Waals surface area contributed by atoms with Crippen molar-refractivity contribution in [3.05, 3.63) is 96.2 Å². The third kappa shape index (κ3) is 4.55. The largest absolute Gasteiger partial charge is 0.508 e. The summed E-state index contributed by atoms with van der Waals surface area (Å²) >= 11 is 0. The SMILES string of the molecule is COc1ccc(OC)c(-c2nn(-c3ccccc3)cc2C(=O)N2CC=C(c3ccc(O)cc3)CC2)c1. The first kappa shape index (κ1) is 23.2. The second kappa shape index (κ2) is 10.00. The predicted octanol–water partition coefficient (Wildman–Crippen LogP) is 5.19. The van der Waals surface area contributed by atoms with Gasteiger partial charge in [0.15, 0.2) is 0 Å².